The zero-order valence-electron chi connectivity index (χ0n) is 16.4. The maximum atomic E-state index is 12.7. The largest absolute Gasteiger partial charge is 0.373 e. The molecule has 6 heteroatoms. The van der Waals surface area contributed by atoms with Gasteiger partial charge >= 0.3 is 0 Å². The number of nitrogens with zero attached hydrogens (tertiary/aromatic N) is 3. The van der Waals surface area contributed by atoms with Crippen molar-refractivity contribution >= 4 is 5.91 Å². The molecule has 0 bridgehead atoms. The highest BCUT2D eigenvalue weighted by molar-refractivity contribution is 5.76. The molecule has 4 rings (SSSR count). The molecule has 2 aliphatic rings. The van der Waals surface area contributed by atoms with Crippen molar-refractivity contribution in [2.45, 2.75) is 50.9 Å². The SMILES string of the molecule is O=C(Cn1ccc([C@H]2CCCNC2)n1)N1CCC(OCc2ccccc2)CC1. The maximum Gasteiger partial charge on any atom is 0.244 e. The van der Waals surface area contributed by atoms with Gasteiger partial charge in [0.05, 0.1) is 18.4 Å². The second-order valence-corrected chi connectivity index (χ2v) is 7.86. The van der Waals surface area contributed by atoms with Crippen molar-refractivity contribution in [2.24, 2.45) is 0 Å². The molecule has 1 atom stereocenters. The lowest BCUT2D eigenvalue weighted by atomic mass is 9.97. The van der Waals surface area contributed by atoms with Gasteiger partial charge in [-0.3, -0.25) is 9.48 Å². The third-order valence-electron chi connectivity index (χ3n) is 5.80. The number of rotatable bonds is 6. The third kappa shape index (κ3) is 5.00. The second kappa shape index (κ2) is 9.34. The Hall–Kier alpha value is -2.18. The summed E-state index contributed by atoms with van der Waals surface area (Å²) in [5.41, 5.74) is 2.30. The molecule has 6 nitrogen and oxygen atoms in total. The standard InChI is InChI=1S/C22H30N4O2/c27-22(16-26-14-10-21(24-26)19-7-4-11-23-15-19)25-12-8-20(9-13-25)28-17-18-5-2-1-3-6-18/h1-3,5-6,10,14,19-20,23H,4,7-9,11-13,15-17H2/t19-/m0/s1. The van der Waals surface area contributed by atoms with Gasteiger partial charge in [0.1, 0.15) is 6.54 Å². The Labute approximate surface area is 166 Å². The molecule has 3 heterocycles. The lowest BCUT2D eigenvalue weighted by Crippen LogP contribution is -2.42. The number of hydrogen-bond donors (Lipinski definition) is 1. The number of amides is 1. The number of aromatic nitrogens is 2. The number of likely N-dealkylation sites (tertiary alicyclic amines) is 1. The average Bonchev–Trinajstić information content (AvgIpc) is 3.22. The molecule has 1 aromatic heterocycles. The summed E-state index contributed by atoms with van der Waals surface area (Å²) in [7, 11) is 0. The Morgan fingerprint density at radius 1 is 1.14 bits per heavy atom. The van der Waals surface area contributed by atoms with Crippen LogP contribution in [0.2, 0.25) is 0 Å². The van der Waals surface area contributed by atoms with Crippen LogP contribution in [0, 0.1) is 0 Å². The van der Waals surface area contributed by atoms with E-state index in [4.69, 9.17) is 4.74 Å². The van der Waals surface area contributed by atoms with Crippen LogP contribution in [-0.2, 0) is 22.7 Å². The lowest BCUT2D eigenvalue weighted by molar-refractivity contribution is -0.134. The van der Waals surface area contributed by atoms with E-state index in [0.29, 0.717) is 19.1 Å². The fourth-order valence-corrected chi connectivity index (χ4v) is 4.09. The summed E-state index contributed by atoms with van der Waals surface area (Å²) < 4.78 is 7.82. The molecular weight excluding hydrogens is 352 g/mol. The quantitative estimate of drug-likeness (QED) is 0.834. The average molecular weight is 383 g/mol. The van der Waals surface area contributed by atoms with Gasteiger partial charge in [0.15, 0.2) is 0 Å². The molecule has 1 aromatic carbocycles. The van der Waals surface area contributed by atoms with E-state index >= 15 is 0 Å². The van der Waals surface area contributed by atoms with E-state index in [-0.39, 0.29) is 12.0 Å². The van der Waals surface area contributed by atoms with Gasteiger partial charge in [-0.25, -0.2) is 0 Å². The fourth-order valence-electron chi connectivity index (χ4n) is 4.09. The van der Waals surface area contributed by atoms with Crippen LogP contribution in [0.4, 0.5) is 0 Å². The smallest absolute Gasteiger partial charge is 0.244 e. The first-order chi connectivity index (χ1) is 13.8. The molecule has 0 aliphatic carbocycles. The van der Waals surface area contributed by atoms with Crippen molar-refractivity contribution in [3.05, 3.63) is 53.9 Å². The molecule has 2 saturated heterocycles. The van der Waals surface area contributed by atoms with Crippen molar-refractivity contribution in [1.29, 1.82) is 0 Å². The van der Waals surface area contributed by atoms with Gasteiger partial charge in [-0.1, -0.05) is 30.3 Å². The minimum absolute atomic E-state index is 0.151. The monoisotopic (exact) mass is 382 g/mol. The molecule has 0 saturated carbocycles. The van der Waals surface area contributed by atoms with E-state index < -0.39 is 0 Å². The van der Waals surface area contributed by atoms with Gasteiger partial charge < -0.3 is 15.0 Å². The van der Waals surface area contributed by atoms with Gasteiger partial charge in [0.25, 0.3) is 0 Å². The highest BCUT2D eigenvalue weighted by Gasteiger charge is 2.24. The first-order valence-corrected chi connectivity index (χ1v) is 10.5. The Morgan fingerprint density at radius 3 is 2.71 bits per heavy atom. The highest BCUT2D eigenvalue weighted by atomic mass is 16.5. The van der Waals surface area contributed by atoms with Gasteiger partial charge in [-0.2, -0.15) is 5.10 Å². The zero-order chi connectivity index (χ0) is 19.2. The van der Waals surface area contributed by atoms with Crippen LogP contribution in [0.15, 0.2) is 42.6 Å². The van der Waals surface area contributed by atoms with Crippen LogP contribution in [0.5, 0.6) is 0 Å². The fraction of sp³-hybridized carbons (Fsp3) is 0.545. The number of benzene rings is 1. The summed E-state index contributed by atoms with van der Waals surface area (Å²) in [6.07, 6.45) is 6.34. The van der Waals surface area contributed by atoms with Crippen LogP contribution in [0.1, 0.15) is 42.9 Å². The molecule has 28 heavy (non-hydrogen) atoms. The van der Waals surface area contributed by atoms with E-state index in [2.05, 4.69) is 28.6 Å². The van der Waals surface area contributed by atoms with Gasteiger partial charge in [-0.15, -0.1) is 0 Å². The number of piperidine rings is 2. The van der Waals surface area contributed by atoms with Crippen LogP contribution in [-0.4, -0.2) is 52.9 Å². The lowest BCUT2D eigenvalue weighted by Gasteiger charge is -2.32. The highest BCUT2D eigenvalue weighted by Crippen LogP contribution is 2.21. The number of carbonyl (C=O) groups excluding carboxylic acids is 1. The molecule has 150 valence electrons. The third-order valence-corrected chi connectivity index (χ3v) is 5.80. The number of hydrogen-bond acceptors (Lipinski definition) is 4. The minimum Gasteiger partial charge on any atom is -0.373 e. The first kappa shape index (κ1) is 19.2. The topological polar surface area (TPSA) is 59.4 Å². The van der Waals surface area contributed by atoms with Crippen molar-refractivity contribution in [2.75, 3.05) is 26.2 Å². The molecule has 2 fully saturated rings. The zero-order valence-corrected chi connectivity index (χ0v) is 16.4. The molecule has 1 amide bonds. The van der Waals surface area contributed by atoms with E-state index in [9.17, 15) is 4.79 Å². The van der Waals surface area contributed by atoms with Gasteiger partial charge in [0, 0.05) is 31.7 Å². The van der Waals surface area contributed by atoms with Crippen LogP contribution in [0.25, 0.3) is 0 Å². The van der Waals surface area contributed by atoms with Crippen molar-refractivity contribution in [1.82, 2.24) is 20.0 Å². The Balaban J connectivity index is 1.21. The van der Waals surface area contributed by atoms with E-state index in [1.54, 1.807) is 4.68 Å². The Morgan fingerprint density at radius 2 is 1.96 bits per heavy atom. The van der Waals surface area contributed by atoms with Crippen LogP contribution >= 0.6 is 0 Å². The summed E-state index contributed by atoms with van der Waals surface area (Å²) in [6.45, 7) is 4.58. The van der Waals surface area contributed by atoms with Crippen molar-refractivity contribution in [3.63, 3.8) is 0 Å². The molecule has 2 aromatic rings. The molecule has 0 radical (unpaired) electrons. The predicted octanol–water partition coefficient (Wildman–Crippen LogP) is 2.56. The molecule has 0 unspecified atom stereocenters. The van der Waals surface area contributed by atoms with Crippen molar-refractivity contribution in [3.8, 4) is 0 Å². The normalized spacial score (nSPS) is 21.0. The first-order valence-electron chi connectivity index (χ1n) is 10.5. The van der Waals surface area contributed by atoms with E-state index in [1.807, 2.05) is 29.3 Å². The minimum atomic E-state index is 0.151. The predicted molar refractivity (Wildman–Crippen MR) is 108 cm³/mol. The van der Waals surface area contributed by atoms with E-state index in [0.717, 1.165) is 44.7 Å². The van der Waals surface area contributed by atoms with Gasteiger partial charge in [0.2, 0.25) is 5.91 Å². The molecule has 0 spiro atoms. The van der Waals surface area contributed by atoms with E-state index in [1.165, 1.54) is 18.4 Å². The molecule has 2 aliphatic heterocycles. The number of nitrogens with one attached hydrogen (secondary N) is 1. The number of ether oxygens (including phenoxy) is 1. The molecular formula is C22H30N4O2. The number of carbonyl (C=O) groups is 1. The maximum absolute atomic E-state index is 12.7. The summed E-state index contributed by atoms with van der Waals surface area (Å²) in [6, 6.07) is 12.3. The van der Waals surface area contributed by atoms with Gasteiger partial charge in [-0.05, 0) is 43.9 Å². The summed E-state index contributed by atoms with van der Waals surface area (Å²) in [4.78, 5) is 14.6. The van der Waals surface area contributed by atoms with Crippen molar-refractivity contribution < 1.29 is 9.53 Å². The summed E-state index contributed by atoms with van der Waals surface area (Å²) in [5, 5.41) is 8.07. The van der Waals surface area contributed by atoms with Crippen LogP contribution < -0.4 is 5.32 Å². The van der Waals surface area contributed by atoms with Crippen LogP contribution in [0.3, 0.4) is 0 Å². The summed E-state index contributed by atoms with van der Waals surface area (Å²) >= 11 is 0. The second-order valence-electron chi connectivity index (χ2n) is 7.86. The Bertz CT molecular complexity index is 747. The summed E-state index contributed by atoms with van der Waals surface area (Å²) in [5.74, 6) is 0.625. The Kier molecular flexibility index (Phi) is 6.39. The molecule has 1 N–H and O–H groups in total.